The molecule has 5 heteroatoms. The summed E-state index contributed by atoms with van der Waals surface area (Å²) in [6, 6.07) is 6.57. The molecule has 0 saturated heterocycles. The number of nitrogens with zero attached hydrogens (tertiary/aromatic N) is 1. The molecular formula is C15H24N2O2S. The number of rotatable bonds is 7. The van der Waals surface area contributed by atoms with E-state index in [1.807, 2.05) is 12.1 Å². The highest BCUT2D eigenvalue weighted by atomic mass is 32.2. The highest BCUT2D eigenvalue weighted by Crippen LogP contribution is 2.28. The minimum atomic E-state index is -2.00. The molecule has 2 rings (SSSR count). The van der Waals surface area contributed by atoms with Gasteiger partial charge in [-0.3, -0.25) is 14.2 Å². The Hall–Kier alpha value is -0.910. The van der Waals surface area contributed by atoms with Crippen LogP contribution in [0.2, 0.25) is 0 Å². The van der Waals surface area contributed by atoms with E-state index in [9.17, 15) is 4.21 Å². The van der Waals surface area contributed by atoms with Gasteiger partial charge in [-0.15, -0.1) is 0 Å². The maximum atomic E-state index is 10.8. The molecule has 1 aliphatic carbocycles. The molecule has 0 bridgehead atoms. The summed E-state index contributed by atoms with van der Waals surface area (Å²) >= 11 is -2.00. The predicted octanol–water partition coefficient (Wildman–Crippen LogP) is 2.82. The summed E-state index contributed by atoms with van der Waals surface area (Å²) in [7, 11) is 0. The Balaban J connectivity index is 2.07. The van der Waals surface area contributed by atoms with E-state index in [-0.39, 0.29) is 0 Å². The van der Waals surface area contributed by atoms with Crippen molar-refractivity contribution < 1.29 is 8.76 Å². The quantitative estimate of drug-likeness (QED) is 0.761. The average Bonchev–Trinajstić information content (AvgIpc) is 2.80. The molecule has 0 spiro atoms. The molecule has 2 N–H and O–H groups in total. The minimum Gasteiger partial charge on any atom is -0.300 e. The fourth-order valence-corrected chi connectivity index (χ4v) is 3.40. The Morgan fingerprint density at radius 3 is 2.50 bits per heavy atom. The SMILES string of the molecule is CCCN(CCC)C1Cc2ccc(NS(=O)O)cc2C1. The summed E-state index contributed by atoms with van der Waals surface area (Å²) in [5.74, 6) is 0. The van der Waals surface area contributed by atoms with Crippen molar-refractivity contribution in [2.75, 3.05) is 17.8 Å². The molecule has 0 saturated carbocycles. The van der Waals surface area contributed by atoms with E-state index < -0.39 is 11.3 Å². The molecule has 20 heavy (non-hydrogen) atoms. The van der Waals surface area contributed by atoms with Gasteiger partial charge in [0.1, 0.15) is 0 Å². The van der Waals surface area contributed by atoms with Crippen molar-refractivity contribution >= 4 is 17.0 Å². The minimum absolute atomic E-state index is 0.583. The lowest BCUT2D eigenvalue weighted by atomic mass is 10.1. The molecule has 0 radical (unpaired) electrons. The van der Waals surface area contributed by atoms with Crippen LogP contribution in [0, 0.1) is 0 Å². The summed E-state index contributed by atoms with van der Waals surface area (Å²) < 4.78 is 22.2. The van der Waals surface area contributed by atoms with Crippen molar-refractivity contribution in [2.45, 2.75) is 45.6 Å². The molecule has 1 aromatic carbocycles. The van der Waals surface area contributed by atoms with E-state index >= 15 is 0 Å². The van der Waals surface area contributed by atoms with Gasteiger partial charge in [-0.05, 0) is 62.0 Å². The second kappa shape index (κ2) is 7.20. The summed E-state index contributed by atoms with van der Waals surface area (Å²) in [5.41, 5.74) is 3.41. The molecule has 4 nitrogen and oxygen atoms in total. The molecule has 1 aliphatic rings. The third-order valence-electron chi connectivity index (χ3n) is 3.86. The highest BCUT2D eigenvalue weighted by molar-refractivity contribution is 7.80. The number of nitrogens with one attached hydrogen (secondary N) is 1. The van der Waals surface area contributed by atoms with Crippen LogP contribution in [-0.2, 0) is 24.1 Å². The number of hydrogen-bond acceptors (Lipinski definition) is 2. The number of anilines is 1. The Labute approximate surface area is 124 Å². The largest absolute Gasteiger partial charge is 0.300 e. The zero-order valence-electron chi connectivity index (χ0n) is 12.3. The molecule has 1 aromatic rings. The zero-order valence-corrected chi connectivity index (χ0v) is 13.1. The van der Waals surface area contributed by atoms with Gasteiger partial charge in [-0.2, -0.15) is 0 Å². The van der Waals surface area contributed by atoms with Gasteiger partial charge in [-0.1, -0.05) is 19.9 Å². The molecule has 0 fully saturated rings. The van der Waals surface area contributed by atoms with Crippen LogP contribution >= 0.6 is 0 Å². The number of benzene rings is 1. The first-order valence-electron chi connectivity index (χ1n) is 7.37. The molecular weight excluding hydrogens is 272 g/mol. The topological polar surface area (TPSA) is 52.6 Å². The van der Waals surface area contributed by atoms with Gasteiger partial charge in [0.25, 0.3) is 11.3 Å². The van der Waals surface area contributed by atoms with Gasteiger partial charge in [0.15, 0.2) is 0 Å². The maximum Gasteiger partial charge on any atom is 0.259 e. The van der Waals surface area contributed by atoms with E-state index in [2.05, 4.69) is 29.5 Å². The van der Waals surface area contributed by atoms with Gasteiger partial charge in [0, 0.05) is 11.7 Å². The summed E-state index contributed by atoms with van der Waals surface area (Å²) in [6.45, 7) is 6.75. The van der Waals surface area contributed by atoms with Crippen molar-refractivity contribution in [3.05, 3.63) is 29.3 Å². The number of fused-ring (bicyclic) bond motifs is 1. The fourth-order valence-electron chi connectivity index (χ4n) is 3.07. The Morgan fingerprint density at radius 1 is 1.25 bits per heavy atom. The standard InChI is InChI=1S/C15H24N2O2S/c1-3-7-17(8-4-2)15-10-12-5-6-14(16-20(18)19)9-13(12)11-15/h5-6,9,15-16H,3-4,7-8,10-11H2,1-2H3,(H,18,19). The summed E-state index contributed by atoms with van der Waals surface area (Å²) in [6.07, 6.45) is 4.51. The first kappa shape index (κ1) is 15.5. The fraction of sp³-hybridized carbons (Fsp3) is 0.600. The Morgan fingerprint density at radius 2 is 1.90 bits per heavy atom. The molecule has 0 heterocycles. The molecule has 2 atom stereocenters. The lowest BCUT2D eigenvalue weighted by Crippen LogP contribution is -2.37. The van der Waals surface area contributed by atoms with Crippen molar-refractivity contribution in [1.29, 1.82) is 0 Å². The summed E-state index contributed by atoms with van der Waals surface area (Å²) in [5, 5.41) is 0. The third kappa shape index (κ3) is 3.81. The highest BCUT2D eigenvalue weighted by Gasteiger charge is 2.26. The maximum absolute atomic E-state index is 10.8. The van der Waals surface area contributed by atoms with Gasteiger partial charge >= 0.3 is 0 Å². The smallest absolute Gasteiger partial charge is 0.259 e. The van der Waals surface area contributed by atoms with Crippen molar-refractivity contribution in [2.24, 2.45) is 0 Å². The van der Waals surface area contributed by atoms with E-state index in [4.69, 9.17) is 4.55 Å². The van der Waals surface area contributed by atoms with Crippen LogP contribution in [0.5, 0.6) is 0 Å². The van der Waals surface area contributed by atoms with Crippen molar-refractivity contribution in [1.82, 2.24) is 4.90 Å². The van der Waals surface area contributed by atoms with Crippen LogP contribution < -0.4 is 4.72 Å². The van der Waals surface area contributed by atoms with Gasteiger partial charge in [-0.25, -0.2) is 4.21 Å². The van der Waals surface area contributed by atoms with Crippen LogP contribution in [0.15, 0.2) is 18.2 Å². The second-order valence-corrected chi connectivity index (χ2v) is 6.14. The van der Waals surface area contributed by atoms with Crippen LogP contribution in [0.25, 0.3) is 0 Å². The zero-order chi connectivity index (χ0) is 14.5. The van der Waals surface area contributed by atoms with Crippen LogP contribution in [0.3, 0.4) is 0 Å². The van der Waals surface area contributed by atoms with E-state index in [1.54, 1.807) is 0 Å². The molecule has 0 aliphatic heterocycles. The van der Waals surface area contributed by atoms with E-state index in [0.717, 1.165) is 31.6 Å². The van der Waals surface area contributed by atoms with Gasteiger partial charge < -0.3 is 0 Å². The molecule has 0 amide bonds. The van der Waals surface area contributed by atoms with Crippen molar-refractivity contribution in [3.8, 4) is 0 Å². The average molecular weight is 296 g/mol. The van der Waals surface area contributed by atoms with Crippen LogP contribution in [-0.4, -0.2) is 32.8 Å². The first-order chi connectivity index (χ1) is 9.63. The number of hydrogen-bond donors (Lipinski definition) is 2. The van der Waals surface area contributed by atoms with E-state index in [1.165, 1.54) is 24.0 Å². The second-order valence-electron chi connectivity index (χ2n) is 5.43. The predicted molar refractivity (Wildman–Crippen MR) is 84.2 cm³/mol. The molecule has 0 aromatic heterocycles. The van der Waals surface area contributed by atoms with Crippen molar-refractivity contribution in [3.63, 3.8) is 0 Å². The van der Waals surface area contributed by atoms with E-state index in [0.29, 0.717) is 6.04 Å². The van der Waals surface area contributed by atoms with Gasteiger partial charge in [0.05, 0.1) is 0 Å². The summed E-state index contributed by atoms with van der Waals surface area (Å²) in [4.78, 5) is 2.58. The lowest BCUT2D eigenvalue weighted by Gasteiger charge is -2.27. The Bertz CT molecular complexity index is 473. The van der Waals surface area contributed by atoms with Crippen LogP contribution in [0.1, 0.15) is 37.8 Å². The molecule has 112 valence electrons. The monoisotopic (exact) mass is 296 g/mol. The van der Waals surface area contributed by atoms with Crippen LogP contribution in [0.4, 0.5) is 5.69 Å². The normalized spacial score (nSPS) is 19.1. The Kier molecular flexibility index (Phi) is 5.57. The lowest BCUT2D eigenvalue weighted by molar-refractivity contribution is 0.202. The molecule has 2 unspecified atom stereocenters. The van der Waals surface area contributed by atoms with Gasteiger partial charge in [0.2, 0.25) is 0 Å². The third-order valence-corrected chi connectivity index (χ3v) is 4.27. The first-order valence-corrected chi connectivity index (χ1v) is 8.48.